The van der Waals surface area contributed by atoms with Crippen LogP contribution in [0, 0.1) is 0 Å². The van der Waals surface area contributed by atoms with Gasteiger partial charge in [0.25, 0.3) is 0 Å². The molecule has 2 aromatic carbocycles. The fourth-order valence-corrected chi connectivity index (χ4v) is 2.86. The number of benzene rings is 2. The van der Waals surface area contributed by atoms with Gasteiger partial charge in [0.15, 0.2) is 5.78 Å². The summed E-state index contributed by atoms with van der Waals surface area (Å²) in [7, 11) is -1.71. The van der Waals surface area contributed by atoms with Gasteiger partial charge < -0.3 is 4.43 Å². The zero-order chi connectivity index (χ0) is 13.3. The van der Waals surface area contributed by atoms with Crippen molar-refractivity contribution in [2.75, 3.05) is 0 Å². The van der Waals surface area contributed by atoms with E-state index in [0.29, 0.717) is 5.56 Å². The van der Waals surface area contributed by atoms with Crippen LogP contribution in [0.25, 0.3) is 10.8 Å². The van der Waals surface area contributed by atoms with Crippen LogP contribution in [0.1, 0.15) is 17.3 Å². The van der Waals surface area contributed by atoms with Crippen LogP contribution in [0.5, 0.6) is 5.75 Å². The maximum atomic E-state index is 11.9. The van der Waals surface area contributed by atoms with Crippen LogP contribution < -0.4 is 4.43 Å². The second-order valence-corrected chi connectivity index (χ2v) is 9.86. The molecule has 94 valence electrons. The van der Waals surface area contributed by atoms with Gasteiger partial charge in [-0.25, -0.2) is 0 Å². The lowest BCUT2D eigenvalue weighted by atomic mass is 10.0. The molecule has 0 N–H and O–H groups in total. The summed E-state index contributed by atoms with van der Waals surface area (Å²) in [5.74, 6) is 0.778. The predicted molar refractivity (Wildman–Crippen MR) is 77.9 cm³/mol. The van der Waals surface area contributed by atoms with E-state index >= 15 is 0 Å². The summed E-state index contributed by atoms with van der Waals surface area (Å²) in [4.78, 5) is 11.9. The quantitative estimate of drug-likeness (QED) is 0.607. The number of rotatable bonds is 3. The Morgan fingerprint density at radius 3 is 2.33 bits per heavy atom. The standard InChI is InChI=1S/C15H18O2Si/c1-11(16)15-13-8-6-5-7-12(13)9-10-14(15)17-18(2,3)4/h5-10H,1-4H3. The highest BCUT2D eigenvalue weighted by Crippen LogP contribution is 2.30. The van der Waals surface area contributed by atoms with E-state index in [1.165, 1.54) is 0 Å². The van der Waals surface area contributed by atoms with E-state index in [2.05, 4.69) is 19.6 Å². The van der Waals surface area contributed by atoms with Crippen molar-refractivity contribution in [3.8, 4) is 5.75 Å². The normalized spacial score (nSPS) is 11.6. The van der Waals surface area contributed by atoms with Gasteiger partial charge in [-0.1, -0.05) is 30.3 Å². The average Bonchev–Trinajstić information content (AvgIpc) is 2.26. The molecule has 0 saturated carbocycles. The van der Waals surface area contributed by atoms with E-state index in [1.54, 1.807) is 6.92 Å². The number of hydrogen-bond donors (Lipinski definition) is 0. The Hall–Kier alpha value is -1.61. The largest absolute Gasteiger partial charge is 0.544 e. The van der Waals surface area contributed by atoms with Crippen molar-refractivity contribution < 1.29 is 9.22 Å². The van der Waals surface area contributed by atoms with Gasteiger partial charge in [0.1, 0.15) is 5.75 Å². The molecule has 0 aliphatic heterocycles. The molecule has 2 aromatic rings. The van der Waals surface area contributed by atoms with Crippen molar-refractivity contribution in [2.45, 2.75) is 26.6 Å². The van der Waals surface area contributed by atoms with Crippen LogP contribution >= 0.6 is 0 Å². The van der Waals surface area contributed by atoms with Crippen molar-refractivity contribution in [1.29, 1.82) is 0 Å². The number of carbonyl (C=O) groups excluding carboxylic acids is 1. The summed E-state index contributed by atoms with van der Waals surface area (Å²) in [5.41, 5.74) is 0.704. The maximum absolute atomic E-state index is 11.9. The highest BCUT2D eigenvalue weighted by Gasteiger charge is 2.20. The molecule has 0 atom stereocenters. The van der Waals surface area contributed by atoms with Crippen molar-refractivity contribution in [2.24, 2.45) is 0 Å². The third-order valence-corrected chi connectivity index (χ3v) is 3.49. The minimum Gasteiger partial charge on any atom is -0.544 e. The molecule has 2 nitrogen and oxygen atoms in total. The first-order chi connectivity index (χ1) is 8.38. The van der Waals surface area contributed by atoms with Crippen LogP contribution in [0.4, 0.5) is 0 Å². The van der Waals surface area contributed by atoms with Crippen molar-refractivity contribution in [3.63, 3.8) is 0 Å². The monoisotopic (exact) mass is 258 g/mol. The van der Waals surface area contributed by atoms with E-state index in [1.807, 2.05) is 36.4 Å². The highest BCUT2D eigenvalue weighted by molar-refractivity contribution is 6.70. The summed E-state index contributed by atoms with van der Waals surface area (Å²) >= 11 is 0. The topological polar surface area (TPSA) is 26.3 Å². The van der Waals surface area contributed by atoms with Gasteiger partial charge >= 0.3 is 0 Å². The van der Waals surface area contributed by atoms with E-state index in [0.717, 1.165) is 16.5 Å². The molecule has 0 aliphatic carbocycles. The molecule has 18 heavy (non-hydrogen) atoms. The van der Waals surface area contributed by atoms with Crippen LogP contribution in [0.3, 0.4) is 0 Å². The van der Waals surface area contributed by atoms with Gasteiger partial charge in [0, 0.05) is 0 Å². The van der Waals surface area contributed by atoms with Gasteiger partial charge in [-0.15, -0.1) is 0 Å². The number of ketones is 1. The summed E-state index contributed by atoms with van der Waals surface area (Å²) in [6.07, 6.45) is 0. The summed E-state index contributed by atoms with van der Waals surface area (Å²) in [6.45, 7) is 7.95. The molecule has 0 spiro atoms. The lowest BCUT2D eigenvalue weighted by Crippen LogP contribution is -2.30. The Labute approximate surface area is 109 Å². The van der Waals surface area contributed by atoms with E-state index in [9.17, 15) is 4.79 Å². The molecule has 2 rings (SSSR count). The fourth-order valence-electron chi connectivity index (χ4n) is 2.03. The maximum Gasteiger partial charge on any atom is 0.242 e. The SMILES string of the molecule is CC(=O)c1c(O[Si](C)(C)C)ccc2ccccc12. The number of carbonyl (C=O) groups is 1. The Morgan fingerprint density at radius 2 is 1.72 bits per heavy atom. The first-order valence-corrected chi connectivity index (χ1v) is 9.51. The fraction of sp³-hybridized carbons (Fsp3) is 0.267. The zero-order valence-corrected chi connectivity index (χ0v) is 12.3. The summed E-state index contributed by atoms with van der Waals surface area (Å²) in [6, 6.07) is 11.8. The molecular formula is C15H18O2Si. The van der Waals surface area contributed by atoms with Crippen LogP contribution in [0.15, 0.2) is 36.4 Å². The Balaban J connectivity index is 2.67. The number of hydrogen-bond acceptors (Lipinski definition) is 2. The molecule has 0 aromatic heterocycles. The molecule has 3 heteroatoms. The van der Waals surface area contributed by atoms with Gasteiger partial charge in [0.2, 0.25) is 8.32 Å². The lowest BCUT2D eigenvalue weighted by molar-refractivity contribution is 0.101. The smallest absolute Gasteiger partial charge is 0.242 e. The minimum atomic E-state index is -1.71. The molecule has 0 aliphatic rings. The van der Waals surface area contributed by atoms with Crippen molar-refractivity contribution in [3.05, 3.63) is 42.0 Å². The predicted octanol–water partition coefficient (Wildman–Crippen LogP) is 4.26. The first kappa shape index (κ1) is 12.8. The van der Waals surface area contributed by atoms with Gasteiger partial charge in [-0.2, -0.15) is 0 Å². The van der Waals surface area contributed by atoms with E-state index in [-0.39, 0.29) is 5.78 Å². The molecule has 0 bridgehead atoms. The van der Waals surface area contributed by atoms with Crippen molar-refractivity contribution in [1.82, 2.24) is 0 Å². The van der Waals surface area contributed by atoms with E-state index in [4.69, 9.17) is 4.43 Å². The molecular weight excluding hydrogens is 240 g/mol. The molecule has 0 saturated heterocycles. The second kappa shape index (κ2) is 4.57. The van der Waals surface area contributed by atoms with Gasteiger partial charge in [-0.3, -0.25) is 4.79 Å². The van der Waals surface area contributed by atoms with Gasteiger partial charge in [-0.05, 0) is 43.4 Å². The molecule has 0 fully saturated rings. The van der Waals surface area contributed by atoms with E-state index < -0.39 is 8.32 Å². The third kappa shape index (κ3) is 2.62. The first-order valence-electron chi connectivity index (χ1n) is 6.10. The summed E-state index contributed by atoms with van der Waals surface area (Å²) in [5, 5.41) is 2.05. The molecule has 0 heterocycles. The second-order valence-electron chi connectivity index (χ2n) is 5.43. The molecule has 0 radical (unpaired) electrons. The van der Waals surface area contributed by atoms with Gasteiger partial charge in [0.05, 0.1) is 5.56 Å². The summed E-state index contributed by atoms with van der Waals surface area (Å²) < 4.78 is 6.02. The zero-order valence-electron chi connectivity index (χ0n) is 11.3. The number of fused-ring (bicyclic) bond motifs is 1. The third-order valence-electron chi connectivity index (χ3n) is 2.66. The van der Waals surface area contributed by atoms with Crippen LogP contribution in [0.2, 0.25) is 19.6 Å². The molecule has 0 amide bonds. The van der Waals surface area contributed by atoms with Crippen LogP contribution in [-0.2, 0) is 0 Å². The molecule has 0 unspecified atom stereocenters. The number of Topliss-reactive ketones (excluding diaryl/α,β-unsaturated/α-hetero) is 1. The Kier molecular flexibility index (Phi) is 3.26. The Bertz CT molecular complexity index is 597. The Morgan fingerprint density at radius 1 is 1.06 bits per heavy atom. The highest BCUT2D eigenvalue weighted by atomic mass is 28.4. The lowest BCUT2D eigenvalue weighted by Gasteiger charge is -2.21. The van der Waals surface area contributed by atoms with Crippen molar-refractivity contribution >= 4 is 24.9 Å². The van der Waals surface area contributed by atoms with Crippen LogP contribution in [-0.4, -0.2) is 14.1 Å². The minimum absolute atomic E-state index is 0.0556. The average molecular weight is 258 g/mol.